The number of aromatic nitrogens is 3. The lowest BCUT2D eigenvalue weighted by atomic mass is 10.0. The Morgan fingerprint density at radius 1 is 1.19 bits per heavy atom. The molecule has 5 rings (SSSR count). The maximum atomic E-state index is 14.4. The summed E-state index contributed by atoms with van der Waals surface area (Å²) >= 11 is 0. The number of benzene rings is 1. The van der Waals surface area contributed by atoms with E-state index in [1.54, 1.807) is 23.0 Å². The number of nitrogens with one attached hydrogen (secondary N) is 1. The van der Waals surface area contributed by atoms with Gasteiger partial charge < -0.3 is 15.3 Å². The second-order valence-electron chi connectivity index (χ2n) is 8.28. The fourth-order valence-electron chi connectivity index (χ4n) is 4.67. The Morgan fingerprint density at radius 2 is 2.06 bits per heavy atom. The van der Waals surface area contributed by atoms with E-state index in [1.807, 2.05) is 4.90 Å². The van der Waals surface area contributed by atoms with Crippen LogP contribution in [0.3, 0.4) is 0 Å². The van der Waals surface area contributed by atoms with Gasteiger partial charge in [0.1, 0.15) is 23.1 Å². The van der Waals surface area contributed by atoms with Crippen molar-refractivity contribution in [3.05, 3.63) is 53.9 Å². The van der Waals surface area contributed by atoms with Crippen molar-refractivity contribution in [2.75, 3.05) is 16.8 Å². The molecule has 3 atom stereocenters. The SMILES string of the molecule is O=C(Nc1cnn2ccc(N3CCCC3c3cc(F)ccc3F)nc12)[C@@H]1CCC(O)C1. The molecule has 1 aromatic carbocycles. The molecule has 3 heterocycles. The van der Waals surface area contributed by atoms with Crippen molar-refractivity contribution in [2.24, 2.45) is 5.92 Å². The predicted octanol–water partition coefficient (Wildman–Crippen LogP) is 3.45. The minimum absolute atomic E-state index is 0.153. The van der Waals surface area contributed by atoms with Gasteiger partial charge in [-0.05, 0) is 56.4 Å². The molecular weight excluding hydrogens is 404 g/mol. The van der Waals surface area contributed by atoms with E-state index in [9.17, 15) is 18.7 Å². The topological polar surface area (TPSA) is 82.8 Å². The lowest BCUT2D eigenvalue weighted by molar-refractivity contribution is -0.119. The quantitative estimate of drug-likeness (QED) is 0.667. The van der Waals surface area contributed by atoms with Gasteiger partial charge >= 0.3 is 0 Å². The molecule has 31 heavy (non-hydrogen) atoms. The molecule has 3 aromatic rings. The third-order valence-electron chi connectivity index (χ3n) is 6.25. The molecular formula is C22H23F2N5O2. The van der Waals surface area contributed by atoms with Gasteiger partial charge in [0.2, 0.25) is 5.91 Å². The van der Waals surface area contributed by atoms with Gasteiger partial charge in [0, 0.05) is 24.2 Å². The smallest absolute Gasteiger partial charge is 0.227 e. The third kappa shape index (κ3) is 3.74. The summed E-state index contributed by atoms with van der Waals surface area (Å²) in [6.07, 6.45) is 6.12. The van der Waals surface area contributed by atoms with Crippen LogP contribution in [0.1, 0.15) is 43.7 Å². The highest BCUT2D eigenvalue weighted by atomic mass is 19.1. The fraction of sp³-hybridized carbons (Fsp3) is 0.409. The van der Waals surface area contributed by atoms with E-state index in [0.717, 1.165) is 18.6 Å². The first kappa shape index (κ1) is 19.9. The van der Waals surface area contributed by atoms with E-state index in [1.165, 1.54) is 6.07 Å². The van der Waals surface area contributed by atoms with Crippen molar-refractivity contribution in [1.29, 1.82) is 0 Å². The van der Waals surface area contributed by atoms with Crippen molar-refractivity contribution in [3.63, 3.8) is 0 Å². The van der Waals surface area contributed by atoms with E-state index in [2.05, 4.69) is 15.4 Å². The summed E-state index contributed by atoms with van der Waals surface area (Å²) < 4.78 is 29.7. The van der Waals surface area contributed by atoms with Crippen LogP contribution < -0.4 is 10.2 Å². The lowest BCUT2D eigenvalue weighted by Gasteiger charge is -2.26. The van der Waals surface area contributed by atoms with Crippen LogP contribution >= 0.6 is 0 Å². The summed E-state index contributed by atoms with van der Waals surface area (Å²) in [6.45, 7) is 0.666. The minimum Gasteiger partial charge on any atom is -0.393 e. The number of amides is 1. The van der Waals surface area contributed by atoms with E-state index >= 15 is 0 Å². The maximum Gasteiger partial charge on any atom is 0.227 e. The molecule has 1 aliphatic heterocycles. The van der Waals surface area contributed by atoms with Crippen LogP contribution in [0, 0.1) is 17.6 Å². The fourth-order valence-corrected chi connectivity index (χ4v) is 4.67. The molecule has 162 valence electrons. The second kappa shape index (κ2) is 7.88. The molecule has 1 amide bonds. The van der Waals surface area contributed by atoms with E-state index in [-0.39, 0.29) is 17.9 Å². The first-order chi connectivity index (χ1) is 15.0. The third-order valence-corrected chi connectivity index (χ3v) is 6.25. The van der Waals surface area contributed by atoms with Crippen molar-refractivity contribution >= 4 is 23.1 Å². The largest absolute Gasteiger partial charge is 0.393 e. The molecule has 2 aliphatic rings. The van der Waals surface area contributed by atoms with E-state index in [4.69, 9.17) is 0 Å². The van der Waals surface area contributed by atoms with E-state index < -0.39 is 17.7 Å². The normalized spacial score (nSPS) is 23.6. The molecule has 2 aromatic heterocycles. The zero-order chi connectivity index (χ0) is 21.5. The number of hydrogen-bond acceptors (Lipinski definition) is 5. The zero-order valence-corrected chi connectivity index (χ0v) is 16.8. The number of halogens is 2. The number of carbonyl (C=O) groups excluding carboxylic acids is 1. The van der Waals surface area contributed by atoms with Crippen LogP contribution in [0.15, 0.2) is 36.7 Å². The summed E-state index contributed by atoms with van der Waals surface area (Å²) in [6, 6.07) is 4.99. The highest BCUT2D eigenvalue weighted by Crippen LogP contribution is 2.37. The number of fused-ring (bicyclic) bond motifs is 1. The van der Waals surface area contributed by atoms with Gasteiger partial charge in [-0.2, -0.15) is 5.10 Å². The van der Waals surface area contributed by atoms with Crippen LogP contribution in [-0.2, 0) is 4.79 Å². The number of aliphatic hydroxyl groups is 1. The lowest BCUT2D eigenvalue weighted by Crippen LogP contribution is -2.25. The monoisotopic (exact) mass is 427 g/mol. The summed E-state index contributed by atoms with van der Waals surface area (Å²) in [4.78, 5) is 19.2. The van der Waals surface area contributed by atoms with Gasteiger partial charge in [-0.15, -0.1) is 0 Å². The molecule has 2 N–H and O–H groups in total. The molecule has 7 nitrogen and oxygen atoms in total. The summed E-state index contributed by atoms with van der Waals surface area (Å²) in [5.74, 6) is -0.669. The number of hydrogen-bond donors (Lipinski definition) is 2. The molecule has 0 spiro atoms. The van der Waals surface area contributed by atoms with Crippen LogP contribution in [0.25, 0.3) is 5.65 Å². The second-order valence-corrected chi connectivity index (χ2v) is 8.28. The van der Waals surface area contributed by atoms with Gasteiger partial charge in [0.05, 0.1) is 18.3 Å². The minimum atomic E-state index is -0.468. The molecule has 9 heteroatoms. The Kier molecular flexibility index (Phi) is 5.05. The van der Waals surface area contributed by atoms with Gasteiger partial charge in [0.25, 0.3) is 0 Å². The highest BCUT2D eigenvalue weighted by Gasteiger charge is 2.31. The molecule has 0 bridgehead atoms. The maximum absolute atomic E-state index is 14.4. The van der Waals surface area contributed by atoms with Crippen LogP contribution in [0.5, 0.6) is 0 Å². The Bertz CT molecular complexity index is 1130. The first-order valence-corrected chi connectivity index (χ1v) is 10.5. The summed E-state index contributed by atoms with van der Waals surface area (Å²) in [5, 5.41) is 16.8. The number of rotatable bonds is 4. The average Bonchev–Trinajstić information content (AvgIpc) is 3.49. The molecule has 1 aliphatic carbocycles. The van der Waals surface area contributed by atoms with Crippen LogP contribution in [0.4, 0.5) is 20.3 Å². The van der Waals surface area contributed by atoms with Crippen molar-refractivity contribution in [2.45, 2.75) is 44.2 Å². The number of nitrogens with zero attached hydrogens (tertiary/aromatic N) is 4. The van der Waals surface area contributed by atoms with Crippen molar-refractivity contribution < 1.29 is 18.7 Å². The van der Waals surface area contributed by atoms with Gasteiger partial charge in [-0.1, -0.05) is 0 Å². The van der Waals surface area contributed by atoms with Crippen molar-refractivity contribution in [3.8, 4) is 0 Å². The summed E-state index contributed by atoms with van der Waals surface area (Å²) in [7, 11) is 0. The van der Waals surface area contributed by atoms with Gasteiger partial charge in [0.15, 0.2) is 5.65 Å². The van der Waals surface area contributed by atoms with Crippen molar-refractivity contribution in [1.82, 2.24) is 14.6 Å². The van der Waals surface area contributed by atoms with Gasteiger partial charge in [-0.3, -0.25) is 4.79 Å². The standard InChI is InChI=1S/C22H23F2N5O2/c23-14-4-6-17(24)16(11-14)19-2-1-8-28(19)20-7-9-29-21(27-20)18(12-25-29)26-22(31)13-3-5-15(30)10-13/h4,6-7,9,11-13,15,19,30H,1-3,5,8,10H2,(H,26,31)/t13-,15?,19?/m1/s1. The molecule has 0 radical (unpaired) electrons. The van der Waals surface area contributed by atoms with Crippen LogP contribution in [0.2, 0.25) is 0 Å². The van der Waals surface area contributed by atoms with Crippen LogP contribution in [-0.4, -0.2) is 38.3 Å². The Morgan fingerprint density at radius 3 is 2.87 bits per heavy atom. The highest BCUT2D eigenvalue weighted by molar-refractivity contribution is 5.95. The molecule has 2 fully saturated rings. The van der Waals surface area contributed by atoms with Gasteiger partial charge in [-0.25, -0.2) is 18.3 Å². The Hall–Kier alpha value is -3.07. The Labute approximate surface area is 177 Å². The Balaban J connectivity index is 1.43. The average molecular weight is 427 g/mol. The number of carbonyl (C=O) groups is 1. The number of anilines is 2. The predicted molar refractivity (Wildman–Crippen MR) is 111 cm³/mol. The summed E-state index contributed by atoms with van der Waals surface area (Å²) in [5.41, 5.74) is 1.29. The number of aliphatic hydroxyl groups excluding tert-OH is 1. The molecule has 1 saturated carbocycles. The van der Waals surface area contributed by atoms with E-state index in [0.29, 0.717) is 54.9 Å². The zero-order valence-electron chi connectivity index (χ0n) is 16.8. The first-order valence-electron chi connectivity index (χ1n) is 10.5. The molecule has 2 unspecified atom stereocenters. The molecule has 1 saturated heterocycles.